The molecule has 0 nitrogen and oxygen atoms in total. The second-order valence-electron chi connectivity index (χ2n) is 5.81. The van der Waals surface area contributed by atoms with Crippen molar-refractivity contribution >= 4 is 0 Å². The molecule has 0 aliphatic heterocycles. The van der Waals surface area contributed by atoms with Crippen LogP contribution in [-0.2, 0) is 0 Å². The minimum Gasteiger partial charge on any atom is -0.0622 e. The Labute approximate surface area is 143 Å². The Morgan fingerprint density at radius 2 is 0.792 bits per heavy atom. The summed E-state index contributed by atoms with van der Waals surface area (Å²) >= 11 is 0. The van der Waals surface area contributed by atoms with Gasteiger partial charge < -0.3 is 0 Å². The van der Waals surface area contributed by atoms with E-state index in [0.717, 1.165) is 0 Å². The first-order valence-electron chi connectivity index (χ1n) is 8.12. The van der Waals surface area contributed by atoms with E-state index in [1.807, 2.05) is 24.3 Å². The molecule has 0 heteroatoms. The third kappa shape index (κ3) is 3.00. The lowest BCUT2D eigenvalue weighted by molar-refractivity contribution is 1.57. The smallest absolute Gasteiger partial charge is 0.0178 e. The summed E-state index contributed by atoms with van der Waals surface area (Å²) in [7, 11) is 0. The van der Waals surface area contributed by atoms with E-state index in [2.05, 4.69) is 84.9 Å². The second-order valence-corrected chi connectivity index (χ2v) is 5.81. The fourth-order valence-corrected chi connectivity index (χ4v) is 2.91. The molecule has 0 aromatic heterocycles. The van der Waals surface area contributed by atoms with Crippen molar-refractivity contribution in [3.05, 3.63) is 109 Å². The summed E-state index contributed by atoms with van der Waals surface area (Å²) < 4.78 is 0. The first-order valence-corrected chi connectivity index (χ1v) is 8.12. The Hall–Kier alpha value is -3.12. The van der Waals surface area contributed by atoms with Crippen LogP contribution in [0, 0.1) is 6.07 Å². The molecule has 113 valence electrons. The second kappa shape index (κ2) is 6.55. The Morgan fingerprint density at radius 1 is 0.375 bits per heavy atom. The molecule has 0 bridgehead atoms. The van der Waals surface area contributed by atoms with Gasteiger partial charge in [-0.25, -0.2) is 0 Å². The standard InChI is InChI=1S/C24H17/c1-3-7-19(8-4-1)21-11-15-23(16-12-21)24-17-13-22(14-18-24)20-9-5-2-6-10-20/h1-5,7-18H. The van der Waals surface area contributed by atoms with Gasteiger partial charge >= 0.3 is 0 Å². The summed E-state index contributed by atoms with van der Waals surface area (Å²) in [6.45, 7) is 0. The molecule has 0 unspecified atom stereocenters. The Bertz CT molecular complexity index is 822. The number of rotatable bonds is 3. The first-order chi connectivity index (χ1) is 11.9. The zero-order valence-corrected chi connectivity index (χ0v) is 13.3. The molecule has 0 aliphatic carbocycles. The van der Waals surface area contributed by atoms with E-state index in [4.69, 9.17) is 0 Å². The molecule has 0 amide bonds. The zero-order valence-electron chi connectivity index (χ0n) is 13.3. The average Bonchev–Trinajstić information content (AvgIpc) is 2.70. The lowest BCUT2D eigenvalue weighted by Crippen LogP contribution is -1.81. The molecule has 0 fully saturated rings. The summed E-state index contributed by atoms with van der Waals surface area (Å²) in [4.78, 5) is 0. The predicted molar refractivity (Wildman–Crippen MR) is 102 cm³/mol. The molecule has 4 rings (SSSR count). The number of benzene rings is 4. The number of hydrogen-bond donors (Lipinski definition) is 0. The third-order valence-corrected chi connectivity index (χ3v) is 4.25. The van der Waals surface area contributed by atoms with Crippen molar-refractivity contribution in [2.24, 2.45) is 0 Å². The Morgan fingerprint density at radius 3 is 1.25 bits per heavy atom. The topological polar surface area (TPSA) is 0 Å². The molecule has 0 spiro atoms. The summed E-state index contributed by atoms with van der Waals surface area (Å²) in [5.74, 6) is 0. The maximum absolute atomic E-state index is 3.13. The average molecular weight is 305 g/mol. The van der Waals surface area contributed by atoms with Crippen LogP contribution in [0.5, 0.6) is 0 Å². The maximum atomic E-state index is 3.13. The van der Waals surface area contributed by atoms with E-state index in [0.29, 0.717) is 0 Å². The highest BCUT2D eigenvalue weighted by molar-refractivity contribution is 5.73. The molecular formula is C24H17. The van der Waals surface area contributed by atoms with E-state index < -0.39 is 0 Å². The van der Waals surface area contributed by atoms with Crippen molar-refractivity contribution in [1.29, 1.82) is 0 Å². The van der Waals surface area contributed by atoms with Gasteiger partial charge in [0.05, 0.1) is 0 Å². The third-order valence-electron chi connectivity index (χ3n) is 4.25. The highest BCUT2D eigenvalue weighted by Gasteiger charge is 2.01. The van der Waals surface area contributed by atoms with Crippen LogP contribution in [-0.4, -0.2) is 0 Å². The monoisotopic (exact) mass is 305 g/mol. The van der Waals surface area contributed by atoms with E-state index in [9.17, 15) is 0 Å². The highest BCUT2D eigenvalue weighted by atomic mass is 14.1. The molecule has 0 saturated carbocycles. The van der Waals surface area contributed by atoms with Crippen LogP contribution >= 0.6 is 0 Å². The van der Waals surface area contributed by atoms with Crippen molar-refractivity contribution in [3.63, 3.8) is 0 Å². The normalized spacial score (nSPS) is 10.5. The lowest BCUT2D eigenvalue weighted by atomic mass is 9.98. The van der Waals surface area contributed by atoms with Gasteiger partial charge in [-0.2, -0.15) is 0 Å². The Kier molecular flexibility index (Phi) is 3.95. The van der Waals surface area contributed by atoms with Gasteiger partial charge in [-0.1, -0.05) is 97.1 Å². The van der Waals surface area contributed by atoms with Gasteiger partial charge in [0, 0.05) is 0 Å². The van der Waals surface area contributed by atoms with Crippen molar-refractivity contribution in [2.45, 2.75) is 0 Å². The van der Waals surface area contributed by atoms with Crippen LogP contribution in [0.2, 0.25) is 0 Å². The molecule has 0 aliphatic rings. The minimum absolute atomic E-state index is 1.20. The predicted octanol–water partition coefficient (Wildman–Crippen LogP) is 6.49. The summed E-state index contributed by atoms with van der Waals surface area (Å²) in [5.41, 5.74) is 7.38. The lowest BCUT2D eigenvalue weighted by Gasteiger charge is -2.07. The van der Waals surface area contributed by atoms with Gasteiger partial charge in [0.2, 0.25) is 0 Å². The molecule has 0 N–H and O–H groups in total. The van der Waals surface area contributed by atoms with Crippen molar-refractivity contribution in [2.75, 3.05) is 0 Å². The Balaban J connectivity index is 1.60. The van der Waals surface area contributed by atoms with Crippen LogP contribution in [0.3, 0.4) is 0 Å². The molecule has 0 heterocycles. The fraction of sp³-hybridized carbons (Fsp3) is 0. The zero-order chi connectivity index (χ0) is 16.2. The molecule has 4 aromatic carbocycles. The van der Waals surface area contributed by atoms with Gasteiger partial charge in [-0.05, 0) is 45.5 Å². The van der Waals surface area contributed by atoms with Crippen molar-refractivity contribution in [3.8, 4) is 33.4 Å². The summed E-state index contributed by atoms with van der Waals surface area (Å²) in [5, 5.41) is 0. The van der Waals surface area contributed by atoms with Crippen LogP contribution in [0.4, 0.5) is 0 Å². The minimum atomic E-state index is 1.20. The fourth-order valence-electron chi connectivity index (χ4n) is 2.91. The SMILES string of the molecule is [c]1cccc(-c2ccc(-c3ccc(-c4ccccc4)cc3)cc2)c1. The largest absolute Gasteiger partial charge is 0.0622 e. The first kappa shape index (κ1) is 14.5. The highest BCUT2D eigenvalue weighted by Crippen LogP contribution is 2.27. The van der Waals surface area contributed by atoms with Gasteiger partial charge in [0.25, 0.3) is 0 Å². The van der Waals surface area contributed by atoms with Gasteiger partial charge in [-0.15, -0.1) is 0 Å². The number of hydrogen-bond acceptors (Lipinski definition) is 0. The van der Waals surface area contributed by atoms with Gasteiger partial charge in [0.1, 0.15) is 0 Å². The van der Waals surface area contributed by atoms with Gasteiger partial charge in [-0.3, -0.25) is 0 Å². The quantitative estimate of drug-likeness (QED) is 0.406. The van der Waals surface area contributed by atoms with E-state index in [1.54, 1.807) is 0 Å². The van der Waals surface area contributed by atoms with Crippen LogP contribution < -0.4 is 0 Å². The van der Waals surface area contributed by atoms with Crippen LogP contribution in [0.25, 0.3) is 33.4 Å². The van der Waals surface area contributed by atoms with Crippen molar-refractivity contribution in [1.82, 2.24) is 0 Å². The van der Waals surface area contributed by atoms with Crippen molar-refractivity contribution < 1.29 is 0 Å². The van der Waals surface area contributed by atoms with Crippen LogP contribution in [0.1, 0.15) is 0 Å². The molecule has 4 aromatic rings. The van der Waals surface area contributed by atoms with Gasteiger partial charge in [0.15, 0.2) is 0 Å². The van der Waals surface area contributed by atoms with E-state index in [1.165, 1.54) is 33.4 Å². The molecule has 0 saturated heterocycles. The summed E-state index contributed by atoms with van der Waals surface area (Å²) in [6.07, 6.45) is 0. The summed E-state index contributed by atoms with van der Waals surface area (Å²) in [6, 6.07) is 39.1. The molecule has 0 atom stereocenters. The molecule has 24 heavy (non-hydrogen) atoms. The van der Waals surface area contributed by atoms with E-state index >= 15 is 0 Å². The molecule has 1 radical (unpaired) electrons. The van der Waals surface area contributed by atoms with E-state index in [-0.39, 0.29) is 0 Å². The maximum Gasteiger partial charge on any atom is -0.0178 e. The molecular weight excluding hydrogens is 288 g/mol. The van der Waals surface area contributed by atoms with Crippen LogP contribution in [0.15, 0.2) is 103 Å².